The maximum atomic E-state index is 13.1. The van der Waals surface area contributed by atoms with Gasteiger partial charge in [-0.15, -0.1) is 11.6 Å². The lowest BCUT2D eigenvalue weighted by Gasteiger charge is -2.12. The van der Waals surface area contributed by atoms with E-state index in [0.717, 1.165) is 24.1 Å². The fourth-order valence-electron chi connectivity index (χ4n) is 2.05. The molecule has 0 amide bonds. The van der Waals surface area contributed by atoms with E-state index in [0.29, 0.717) is 5.88 Å². The van der Waals surface area contributed by atoms with Crippen LogP contribution in [-0.4, -0.2) is 15.7 Å². The van der Waals surface area contributed by atoms with E-state index in [9.17, 15) is 4.39 Å². The molecule has 4 heteroatoms. The first-order valence-corrected chi connectivity index (χ1v) is 6.50. The highest BCUT2D eigenvalue weighted by Gasteiger charge is 2.11. The van der Waals surface area contributed by atoms with Crippen LogP contribution in [0, 0.1) is 11.7 Å². The number of aryl methyl sites for hydroxylation is 1. The van der Waals surface area contributed by atoms with Crippen LogP contribution in [0.5, 0.6) is 0 Å². The molecule has 1 aromatic heterocycles. The molecule has 2 nitrogen and oxygen atoms in total. The van der Waals surface area contributed by atoms with Gasteiger partial charge in [-0.25, -0.2) is 4.39 Å². The summed E-state index contributed by atoms with van der Waals surface area (Å²) in [6.45, 7) is 0. The maximum Gasteiger partial charge on any atom is 0.123 e. The molecule has 1 atom stereocenters. The highest BCUT2D eigenvalue weighted by molar-refractivity contribution is 6.18. The molecule has 2 rings (SSSR count). The van der Waals surface area contributed by atoms with Crippen molar-refractivity contribution in [3.63, 3.8) is 0 Å². The zero-order valence-corrected chi connectivity index (χ0v) is 11.1. The lowest BCUT2D eigenvalue weighted by molar-refractivity contribution is 0.563. The van der Waals surface area contributed by atoms with Crippen molar-refractivity contribution in [1.82, 2.24) is 9.78 Å². The van der Waals surface area contributed by atoms with Crippen LogP contribution in [0.15, 0.2) is 36.5 Å². The molecule has 1 heterocycles. The largest absolute Gasteiger partial charge is 0.276 e. The molecule has 0 aliphatic heterocycles. The van der Waals surface area contributed by atoms with Gasteiger partial charge < -0.3 is 0 Å². The Kier molecular flexibility index (Phi) is 4.37. The fourth-order valence-corrected chi connectivity index (χ4v) is 2.26. The number of hydrogen-bond acceptors (Lipinski definition) is 1. The number of benzene rings is 1. The average Bonchev–Trinajstić information content (AvgIpc) is 2.74. The Hall–Kier alpha value is -1.35. The number of aromatic nitrogens is 2. The van der Waals surface area contributed by atoms with E-state index in [1.807, 2.05) is 25.4 Å². The summed E-state index contributed by atoms with van der Waals surface area (Å²) in [6.07, 6.45) is 3.52. The maximum absolute atomic E-state index is 13.1. The Labute approximate surface area is 111 Å². The van der Waals surface area contributed by atoms with Crippen LogP contribution < -0.4 is 0 Å². The molecule has 1 unspecified atom stereocenters. The third kappa shape index (κ3) is 3.57. The van der Waals surface area contributed by atoms with Gasteiger partial charge in [-0.3, -0.25) is 4.68 Å². The third-order valence-corrected chi connectivity index (χ3v) is 3.33. The Balaban J connectivity index is 2.01. The van der Waals surface area contributed by atoms with Gasteiger partial charge in [0.05, 0.1) is 5.69 Å². The minimum atomic E-state index is -0.196. The molecule has 96 valence electrons. The molecule has 1 aromatic carbocycles. The lowest BCUT2D eigenvalue weighted by Crippen LogP contribution is -2.11. The summed E-state index contributed by atoms with van der Waals surface area (Å²) >= 11 is 5.99. The van der Waals surface area contributed by atoms with E-state index in [4.69, 9.17) is 11.6 Å². The fraction of sp³-hybridized carbons (Fsp3) is 0.357. The summed E-state index contributed by atoms with van der Waals surface area (Å²) in [7, 11) is 1.89. The van der Waals surface area contributed by atoms with Crippen LogP contribution in [0.1, 0.15) is 11.3 Å². The normalized spacial score (nSPS) is 12.6. The first-order chi connectivity index (χ1) is 8.67. The van der Waals surface area contributed by atoms with E-state index in [-0.39, 0.29) is 11.7 Å². The lowest BCUT2D eigenvalue weighted by atomic mass is 9.96. The first kappa shape index (κ1) is 13.1. The van der Waals surface area contributed by atoms with Crippen molar-refractivity contribution < 1.29 is 4.39 Å². The van der Waals surface area contributed by atoms with E-state index in [1.165, 1.54) is 6.07 Å². The van der Waals surface area contributed by atoms with Gasteiger partial charge in [-0.1, -0.05) is 12.1 Å². The SMILES string of the molecule is Cn1ccc(CC(CCl)Cc2cccc(F)c2)n1. The monoisotopic (exact) mass is 266 g/mol. The minimum absolute atomic E-state index is 0.196. The number of nitrogens with zero attached hydrogens (tertiary/aromatic N) is 2. The van der Waals surface area contributed by atoms with E-state index in [1.54, 1.807) is 16.8 Å². The number of rotatable bonds is 5. The molecule has 0 saturated heterocycles. The average molecular weight is 267 g/mol. The number of hydrogen-bond donors (Lipinski definition) is 0. The van der Waals surface area contributed by atoms with Gasteiger partial charge in [0.15, 0.2) is 0 Å². The second-order valence-corrected chi connectivity index (χ2v) is 4.85. The number of alkyl halides is 1. The summed E-state index contributed by atoms with van der Waals surface area (Å²) in [5, 5.41) is 4.34. The molecule has 2 aromatic rings. The second kappa shape index (κ2) is 6.01. The molecule has 0 fully saturated rings. The predicted molar refractivity (Wildman–Crippen MR) is 71.2 cm³/mol. The van der Waals surface area contributed by atoms with Crippen molar-refractivity contribution in [3.8, 4) is 0 Å². The summed E-state index contributed by atoms with van der Waals surface area (Å²) in [5.74, 6) is 0.634. The summed E-state index contributed by atoms with van der Waals surface area (Å²) in [6, 6.07) is 8.68. The van der Waals surface area contributed by atoms with Crippen LogP contribution >= 0.6 is 11.6 Å². The van der Waals surface area contributed by atoms with Crippen LogP contribution in [0.25, 0.3) is 0 Å². The van der Waals surface area contributed by atoms with E-state index >= 15 is 0 Å². The van der Waals surface area contributed by atoms with Gasteiger partial charge in [0.1, 0.15) is 5.82 Å². The van der Waals surface area contributed by atoms with Crippen molar-refractivity contribution >= 4 is 11.6 Å². The highest BCUT2D eigenvalue weighted by Crippen LogP contribution is 2.16. The van der Waals surface area contributed by atoms with Gasteiger partial charge in [-0.05, 0) is 42.5 Å². The van der Waals surface area contributed by atoms with Crippen LogP contribution in [0.4, 0.5) is 4.39 Å². The summed E-state index contributed by atoms with van der Waals surface area (Å²) < 4.78 is 14.9. The highest BCUT2D eigenvalue weighted by atomic mass is 35.5. The van der Waals surface area contributed by atoms with Gasteiger partial charge in [0, 0.05) is 19.1 Å². The third-order valence-electron chi connectivity index (χ3n) is 2.90. The van der Waals surface area contributed by atoms with Crippen molar-refractivity contribution in [2.75, 3.05) is 5.88 Å². The minimum Gasteiger partial charge on any atom is -0.276 e. The van der Waals surface area contributed by atoms with Gasteiger partial charge >= 0.3 is 0 Å². The standard InChI is InChI=1S/C14H16ClFN2/c1-18-6-5-14(17-18)9-12(10-15)7-11-3-2-4-13(16)8-11/h2-6,8,12H,7,9-10H2,1H3. The molecule has 0 aliphatic carbocycles. The van der Waals surface area contributed by atoms with Gasteiger partial charge in [0.25, 0.3) is 0 Å². The summed E-state index contributed by atoms with van der Waals surface area (Å²) in [4.78, 5) is 0. The topological polar surface area (TPSA) is 17.8 Å². The molecule has 18 heavy (non-hydrogen) atoms. The zero-order valence-electron chi connectivity index (χ0n) is 10.3. The molecule has 0 N–H and O–H groups in total. The zero-order chi connectivity index (χ0) is 13.0. The van der Waals surface area contributed by atoms with E-state index in [2.05, 4.69) is 5.10 Å². The number of halogens is 2. The molecule has 0 saturated carbocycles. The molecular weight excluding hydrogens is 251 g/mol. The van der Waals surface area contributed by atoms with Crippen LogP contribution in [0.2, 0.25) is 0 Å². The van der Waals surface area contributed by atoms with Crippen LogP contribution in [0.3, 0.4) is 0 Å². The van der Waals surface area contributed by atoms with Crippen molar-refractivity contribution in [2.45, 2.75) is 12.8 Å². The Bertz CT molecular complexity index is 510. The second-order valence-electron chi connectivity index (χ2n) is 4.54. The molecule has 0 spiro atoms. The first-order valence-electron chi connectivity index (χ1n) is 5.96. The summed E-state index contributed by atoms with van der Waals surface area (Å²) in [5.41, 5.74) is 2.01. The van der Waals surface area contributed by atoms with Crippen molar-refractivity contribution in [2.24, 2.45) is 13.0 Å². The van der Waals surface area contributed by atoms with Crippen molar-refractivity contribution in [3.05, 3.63) is 53.6 Å². The molecule has 0 bridgehead atoms. The van der Waals surface area contributed by atoms with E-state index < -0.39 is 0 Å². The Morgan fingerprint density at radius 2 is 2.17 bits per heavy atom. The molecule has 0 radical (unpaired) electrons. The molecular formula is C14H16ClFN2. The Morgan fingerprint density at radius 3 is 2.78 bits per heavy atom. The van der Waals surface area contributed by atoms with Crippen LogP contribution in [-0.2, 0) is 19.9 Å². The van der Waals surface area contributed by atoms with Gasteiger partial charge in [-0.2, -0.15) is 5.10 Å². The Morgan fingerprint density at radius 1 is 1.33 bits per heavy atom. The molecule has 0 aliphatic rings. The predicted octanol–water partition coefficient (Wildman–Crippen LogP) is 3.20. The van der Waals surface area contributed by atoms with Gasteiger partial charge in [0.2, 0.25) is 0 Å². The smallest absolute Gasteiger partial charge is 0.123 e. The quantitative estimate of drug-likeness (QED) is 0.760. The van der Waals surface area contributed by atoms with Crippen molar-refractivity contribution in [1.29, 1.82) is 0 Å².